The third-order valence-electron chi connectivity index (χ3n) is 4.38. The molecule has 0 radical (unpaired) electrons. The zero-order valence-corrected chi connectivity index (χ0v) is 13.6. The van der Waals surface area contributed by atoms with Crippen LogP contribution >= 0.6 is 0 Å². The van der Waals surface area contributed by atoms with E-state index in [0.29, 0.717) is 25.2 Å². The molecule has 8 heteroatoms. The second-order valence-electron chi connectivity index (χ2n) is 6.28. The summed E-state index contributed by atoms with van der Waals surface area (Å²) in [6.45, 7) is 1.06. The van der Waals surface area contributed by atoms with Crippen LogP contribution in [0, 0.1) is 0 Å². The first kappa shape index (κ1) is 15.5. The maximum Gasteiger partial charge on any atom is 0.274 e. The molecule has 3 heterocycles. The van der Waals surface area contributed by atoms with Crippen LogP contribution in [0.4, 0.5) is 0 Å². The first-order valence-corrected chi connectivity index (χ1v) is 8.10. The van der Waals surface area contributed by atoms with Crippen LogP contribution in [0.1, 0.15) is 16.9 Å². The highest BCUT2D eigenvalue weighted by Crippen LogP contribution is 2.24. The Morgan fingerprint density at radius 2 is 2.04 bits per heavy atom. The molecule has 1 unspecified atom stereocenters. The van der Waals surface area contributed by atoms with Gasteiger partial charge < -0.3 is 10.0 Å². The van der Waals surface area contributed by atoms with Crippen LogP contribution in [0.25, 0.3) is 5.69 Å². The van der Waals surface area contributed by atoms with Gasteiger partial charge in [0, 0.05) is 18.9 Å². The van der Waals surface area contributed by atoms with Gasteiger partial charge in [-0.2, -0.15) is 5.10 Å². The highest BCUT2D eigenvalue weighted by molar-refractivity contribution is 5.92. The second kappa shape index (κ2) is 6.14. The van der Waals surface area contributed by atoms with Crippen LogP contribution in [0.3, 0.4) is 0 Å². The molecule has 4 rings (SSSR count). The fraction of sp³-hybridized carbons (Fsp3) is 0.294. The molecule has 1 aromatic carbocycles. The average Bonchev–Trinajstić information content (AvgIpc) is 3.36. The minimum Gasteiger partial charge on any atom is -0.386 e. The van der Waals surface area contributed by atoms with Crippen molar-refractivity contribution in [2.75, 3.05) is 13.1 Å². The average molecular weight is 338 g/mol. The molecule has 0 bridgehead atoms. The van der Waals surface area contributed by atoms with Gasteiger partial charge in [0.15, 0.2) is 5.69 Å². The zero-order chi connectivity index (χ0) is 17.3. The fourth-order valence-electron chi connectivity index (χ4n) is 3.10. The number of rotatable bonds is 4. The monoisotopic (exact) mass is 338 g/mol. The Morgan fingerprint density at radius 1 is 1.20 bits per heavy atom. The third-order valence-corrected chi connectivity index (χ3v) is 4.38. The smallest absolute Gasteiger partial charge is 0.274 e. The Morgan fingerprint density at radius 3 is 2.80 bits per heavy atom. The van der Waals surface area contributed by atoms with E-state index < -0.39 is 5.60 Å². The molecule has 1 amide bonds. The molecule has 0 aliphatic carbocycles. The predicted octanol–water partition coefficient (Wildman–Crippen LogP) is 0.741. The molecule has 1 atom stereocenters. The van der Waals surface area contributed by atoms with Crippen molar-refractivity contribution >= 4 is 5.91 Å². The maximum atomic E-state index is 12.7. The number of benzene rings is 1. The van der Waals surface area contributed by atoms with Gasteiger partial charge in [-0.3, -0.25) is 4.79 Å². The van der Waals surface area contributed by atoms with Crippen LogP contribution < -0.4 is 0 Å². The number of aliphatic hydroxyl groups is 1. The number of amides is 1. The number of para-hydroxylation sites is 1. The molecule has 1 saturated heterocycles. The lowest BCUT2D eigenvalue weighted by atomic mass is 10.0. The van der Waals surface area contributed by atoms with Crippen molar-refractivity contribution in [3.63, 3.8) is 0 Å². The van der Waals surface area contributed by atoms with E-state index in [1.807, 2.05) is 30.3 Å². The summed E-state index contributed by atoms with van der Waals surface area (Å²) in [5.74, 6) is -0.177. The van der Waals surface area contributed by atoms with Crippen molar-refractivity contribution in [1.82, 2.24) is 29.7 Å². The number of carbonyl (C=O) groups excluding carboxylic acids is 1. The summed E-state index contributed by atoms with van der Waals surface area (Å²) in [6, 6.07) is 11.3. The SMILES string of the molecule is O=C(c1ccn(-c2ccccc2)n1)N1CCC(O)(Cn2ccnn2)C1. The maximum absolute atomic E-state index is 12.7. The molecule has 25 heavy (non-hydrogen) atoms. The topological polar surface area (TPSA) is 89.1 Å². The van der Waals surface area contributed by atoms with Gasteiger partial charge in [0.05, 0.1) is 25.0 Å². The Balaban J connectivity index is 1.46. The third kappa shape index (κ3) is 3.16. The Kier molecular flexibility index (Phi) is 3.81. The number of carbonyl (C=O) groups is 1. The van der Waals surface area contributed by atoms with E-state index in [1.165, 1.54) is 0 Å². The molecule has 0 spiro atoms. The highest BCUT2D eigenvalue weighted by Gasteiger charge is 2.39. The Labute approximate surface area is 144 Å². The normalized spacial score (nSPS) is 20.1. The van der Waals surface area contributed by atoms with Crippen molar-refractivity contribution in [3.05, 3.63) is 60.7 Å². The van der Waals surface area contributed by atoms with Gasteiger partial charge in [-0.25, -0.2) is 9.36 Å². The van der Waals surface area contributed by atoms with Gasteiger partial charge in [0.25, 0.3) is 5.91 Å². The summed E-state index contributed by atoms with van der Waals surface area (Å²) in [6.07, 6.45) is 5.53. The molecule has 8 nitrogen and oxygen atoms in total. The van der Waals surface area contributed by atoms with E-state index in [-0.39, 0.29) is 12.5 Å². The quantitative estimate of drug-likeness (QED) is 0.758. The van der Waals surface area contributed by atoms with Crippen LogP contribution in [0.5, 0.6) is 0 Å². The number of hydrogen-bond donors (Lipinski definition) is 1. The number of hydrogen-bond acceptors (Lipinski definition) is 5. The van der Waals surface area contributed by atoms with E-state index in [2.05, 4.69) is 15.4 Å². The van der Waals surface area contributed by atoms with E-state index in [4.69, 9.17) is 0 Å². The van der Waals surface area contributed by atoms with Crippen molar-refractivity contribution < 1.29 is 9.90 Å². The molecule has 3 aromatic rings. The molecule has 2 aromatic heterocycles. The summed E-state index contributed by atoms with van der Waals surface area (Å²) < 4.78 is 3.25. The first-order valence-electron chi connectivity index (χ1n) is 8.10. The zero-order valence-electron chi connectivity index (χ0n) is 13.6. The van der Waals surface area contributed by atoms with E-state index in [9.17, 15) is 9.90 Å². The van der Waals surface area contributed by atoms with Gasteiger partial charge in [-0.15, -0.1) is 5.10 Å². The van der Waals surface area contributed by atoms with E-state index in [1.54, 1.807) is 38.9 Å². The molecule has 1 aliphatic rings. The summed E-state index contributed by atoms with van der Waals surface area (Å²) >= 11 is 0. The molecular formula is C17H18N6O2. The summed E-state index contributed by atoms with van der Waals surface area (Å²) in [4.78, 5) is 14.3. The lowest BCUT2D eigenvalue weighted by molar-refractivity contribution is 0.0265. The van der Waals surface area contributed by atoms with Gasteiger partial charge in [-0.05, 0) is 24.6 Å². The van der Waals surface area contributed by atoms with E-state index in [0.717, 1.165) is 5.69 Å². The number of aromatic nitrogens is 5. The summed E-state index contributed by atoms with van der Waals surface area (Å²) in [5.41, 5.74) is 0.269. The standard InChI is InChI=1S/C17H18N6O2/c24-16(15-6-9-23(19-15)14-4-2-1-3-5-14)21-10-7-17(25,12-21)13-22-11-8-18-20-22/h1-6,8-9,11,25H,7,10,12-13H2. The van der Waals surface area contributed by atoms with E-state index >= 15 is 0 Å². The predicted molar refractivity (Wildman–Crippen MR) is 89.1 cm³/mol. The molecule has 1 fully saturated rings. The molecular weight excluding hydrogens is 320 g/mol. The fourth-order valence-corrected chi connectivity index (χ4v) is 3.10. The first-order chi connectivity index (χ1) is 12.1. The van der Waals surface area contributed by atoms with Crippen molar-refractivity contribution in [2.45, 2.75) is 18.6 Å². The van der Waals surface area contributed by atoms with Gasteiger partial charge in [0.2, 0.25) is 0 Å². The Bertz CT molecular complexity index is 860. The lowest BCUT2D eigenvalue weighted by Crippen LogP contribution is -2.39. The van der Waals surface area contributed by atoms with Crippen molar-refractivity contribution in [2.24, 2.45) is 0 Å². The summed E-state index contributed by atoms with van der Waals surface area (Å²) in [7, 11) is 0. The minimum atomic E-state index is -0.995. The van der Waals surface area contributed by atoms with Crippen LogP contribution in [0.15, 0.2) is 55.0 Å². The number of nitrogens with zero attached hydrogens (tertiary/aromatic N) is 6. The van der Waals surface area contributed by atoms with Gasteiger partial charge >= 0.3 is 0 Å². The minimum absolute atomic E-state index is 0.177. The summed E-state index contributed by atoms with van der Waals surface area (Å²) in [5, 5.41) is 22.7. The molecule has 128 valence electrons. The van der Waals surface area contributed by atoms with Crippen LogP contribution in [0.2, 0.25) is 0 Å². The van der Waals surface area contributed by atoms with Crippen LogP contribution in [-0.2, 0) is 6.54 Å². The van der Waals surface area contributed by atoms with Crippen molar-refractivity contribution in [3.8, 4) is 5.69 Å². The van der Waals surface area contributed by atoms with Crippen LogP contribution in [-0.4, -0.2) is 59.4 Å². The lowest BCUT2D eigenvalue weighted by Gasteiger charge is -2.22. The second-order valence-corrected chi connectivity index (χ2v) is 6.28. The number of β-amino-alcohol motifs (C(OH)–C–C–N with tert-alkyl or cyclic N) is 1. The van der Waals surface area contributed by atoms with Gasteiger partial charge in [0.1, 0.15) is 5.60 Å². The molecule has 1 aliphatic heterocycles. The largest absolute Gasteiger partial charge is 0.386 e. The highest BCUT2D eigenvalue weighted by atomic mass is 16.3. The molecule has 1 N–H and O–H groups in total. The number of likely N-dealkylation sites (tertiary alicyclic amines) is 1. The van der Waals surface area contributed by atoms with Gasteiger partial charge in [-0.1, -0.05) is 23.4 Å². The Hall–Kier alpha value is -3.00. The van der Waals surface area contributed by atoms with Crippen molar-refractivity contribution in [1.29, 1.82) is 0 Å². The molecule has 0 saturated carbocycles.